The van der Waals surface area contributed by atoms with Crippen LogP contribution in [0.1, 0.15) is 45.4 Å². The Morgan fingerprint density at radius 2 is 1.92 bits per heavy atom. The summed E-state index contributed by atoms with van der Waals surface area (Å²) >= 11 is 9.82. The second-order valence-electron chi connectivity index (χ2n) is 3.82. The fourth-order valence-corrected chi connectivity index (χ4v) is 3.19. The smallest absolute Gasteiger partial charge is 0.0336 e. The minimum atomic E-state index is 0.461. The van der Waals surface area contributed by atoms with E-state index >= 15 is 0 Å². The van der Waals surface area contributed by atoms with Crippen molar-refractivity contribution in [3.63, 3.8) is 0 Å². The molecule has 2 heteroatoms. The molecule has 0 saturated heterocycles. The Labute approximate surface area is 89.2 Å². The molecular formula is C10H18BrCl. The normalized spacial score (nSPS) is 33.2. The molecule has 1 unspecified atom stereocenters. The minimum absolute atomic E-state index is 0.461. The summed E-state index contributed by atoms with van der Waals surface area (Å²) in [6, 6.07) is 0. The van der Waals surface area contributed by atoms with Crippen molar-refractivity contribution in [3.8, 4) is 0 Å². The number of halogens is 2. The zero-order chi connectivity index (χ0) is 8.97. The van der Waals surface area contributed by atoms with Gasteiger partial charge < -0.3 is 0 Å². The van der Waals surface area contributed by atoms with Gasteiger partial charge in [-0.3, -0.25) is 0 Å². The molecule has 1 fully saturated rings. The summed E-state index contributed by atoms with van der Waals surface area (Å²) in [6.07, 6.45) is 7.69. The molecule has 0 amide bonds. The number of hydrogen-bond donors (Lipinski definition) is 0. The molecule has 0 aliphatic heterocycles. The largest absolute Gasteiger partial charge is 0.123 e. The van der Waals surface area contributed by atoms with Crippen molar-refractivity contribution < 1.29 is 0 Å². The zero-order valence-corrected chi connectivity index (χ0v) is 10.1. The third-order valence-electron chi connectivity index (χ3n) is 2.78. The third kappa shape index (κ3) is 3.26. The van der Waals surface area contributed by atoms with Gasteiger partial charge in [0.25, 0.3) is 0 Å². The van der Waals surface area contributed by atoms with Gasteiger partial charge in [0.15, 0.2) is 0 Å². The van der Waals surface area contributed by atoms with Gasteiger partial charge >= 0.3 is 0 Å². The SMILES string of the molecule is CCCC(Br)C1CCC(Cl)CC1. The Hall–Kier alpha value is 0.770. The summed E-state index contributed by atoms with van der Waals surface area (Å²) in [4.78, 5) is 0.742. The van der Waals surface area contributed by atoms with Gasteiger partial charge in [0.1, 0.15) is 0 Å². The van der Waals surface area contributed by atoms with E-state index in [9.17, 15) is 0 Å². The Balaban J connectivity index is 2.24. The predicted molar refractivity (Wildman–Crippen MR) is 59.2 cm³/mol. The third-order valence-corrected chi connectivity index (χ3v) is 4.42. The molecule has 0 spiro atoms. The highest BCUT2D eigenvalue weighted by molar-refractivity contribution is 9.09. The van der Waals surface area contributed by atoms with E-state index in [1.807, 2.05) is 0 Å². The summed E-state index contributed by atoms with van der Waals surface area (Å²) in [5.74, 6) is 0.889. The molecule has 0 heterocycles. The van der Waals surface area contributed by atoms with Gasteiger partial charge in [0, 0.05) is 10.2 Å². The molecule has 0 radical (unpaired) electrons. The van der Waals surface area contributed by atoms with Crippen molar-refractivity contribution in [3.05, 3.63) is 0 Å². The first-order valence-corrected chi connectivity index (χ1v) is 6.37. The lowest BCUT2D eigenvalue weighted by atomic mass is 9.85. The fraction of sp³-hybridized carbons (Fsp3) is 1.00. The van der Waals surface area contributed by atoms with Gasteiger partial charge in [-0.15, -0.1) is 11.6 Å². The standard InChI is InChI=1S/C10H18BrCl/c1-2-3-10(11)8-4-6-9(12)7-5-8/h8-10H,2-7H2,1H3. The maximum Gasteiger partial charge on any atom is 0.0336 e. The summed E-state index contributed by atoms with van der Waals surface area (Å²) in [6.45, 7) is 2.25. The predicted octanol–water partition coefficient (Wildman–Crippen LogP) is 4.35. The molecule has 1 aliphatic rings. The van der Waals surface area contributed by atoms with Gasteiger partial charge in [0.05, 0.1) is 0 Å². The van der Waals surface area contributed by atoms with E-state index in [0.29, 0.717) is 5.38 Å². The van der Waals surface area contributed by atoms with Crippen LogP contribution >= 0.6 is 27.5 Å². The van der Waals surface area contributed by atoms with Gasteiger partial charge in [0.2, 0.25) is 0 Å². The van der Waals surface area contributed by atoms with Crippen molar-refractivity contribution in [2.45, 2.75) is 55.7 Å². The molecular weight excluding hydrogens is 235 g/mol. The molecule has 1 rings (SSSR count). The highest BCUT2D eigenvalue weighted by Gasteiger charge is 2.24. The van der Waals surface area contributed by atoms with E-state index in [2.05, 4.69) is 22.9 Å². The van der Waals surface area contributed by atoms with Crippen LogP contribution in [0.2, 0.25) is 0 Å². The van der Waals surface area contributed by atoms with E-state index < -0.39 is 0 Å². The van der Waals surface area contributed by atoms with Crippen molar-refractivity contribution in [1.82, 2.24) is 0 Å². The number of alkyl halides is 2. The fourth-order valence-electron chi connectivity index (χ4n) is 1.95. The highest BCUT2D eigenvalue weighted by atomic mass is 79.9. The van der Waals surface area contributed by atoms with Gasteiger partial charge in [-0.1, -0.05) is 29.3 Å². The molecule has 0 aromatic carbocycles. The molecule has 72 valence electrons. The summed E-state index contributed by atoms with van der Waals surface area (Å²) in [7, 11) is 0. The Bertz CT molecular complexity index is 119. The second kappa shape index (κ2) is 5.49. The molecule has 0 bridgehead atoms. The van der Waals surface area contributed by atoms with E-state index in [4.69, 9.17) is 11.6 Å². The summed E-state index contributed by atoms with van der Waals surface area (Å²) < 4.78 is 0. The van der Waals surface area contributed by atoms with Gasteiger partial charge in [-0.2, -0.15) is 0 Å². The van der Waals surface area contributed by atoms with Crippen LogP contribution in [-0.4, -0.2) is 10.2 Å². The number of hydrogen-bond acceptors (Lipinski definition) is 0. The Kier molecular flexibility index (Phi) is 4.96. The highest BCUT2D eigenvalue weighted by Crippen LogP contribution is 2.34. The molecule has 1 saturated carbocycles. The van der Waals surface area contributed by atoms with Crippen LogP contribution in [0.15, 0.2) is 0 Å². The Morgan fingerprint density at radius 1 is 1.33 bits per heavy atom. The lowest BCUT2D eigenvalue weighted by molar-refractivity contribution is 0.347. The van der Waals surface area contributed by atoms with Crippen LogP contribution in [-0.2, 0) is 0 Å². The van der Waals surface area contributed by atoms with Crippen LogP contribution in [0.4, 0.5) is 0 Å². The summed E-state index contributed by atoms with van der Waals surface area (Å²) in [5.41, 5.74) is 0. The lowest BCUT2D eigenvalue weighted by Crippen LogP contribution is -2.21. The first-order chi connectivity index (χ1) is 5.74. The van der Waals surface area contributed by atoms with Gasteiger partial charge in [-0.05, 0) is 38.0 Å². The molecule has 12 heavy (non-hydrogen) atoms. The maximum absolute atomic E-state index is 6.05. The topological polar surface area (TPSA) is 0 Å². The Morgan fingerprint density at radius 3 is 2.42 bits per heavy atom. The van der Waals surface area contributed by atoms with Gasteiger partial charge in [-0.25, -0.2) is 0 Å². The van der Waals surface area contributed by atoms with Crippen LogP contribution in [0.3, 0.4) is 0 Å². The van der Waals surface area contributed by atoms with E-state index in [1.54, 1.807) is 0 Å². The summed E-state index contributed by atoms with van der Waals surface area (Å²) in [5, 5.41) is 0.461. The van der Waals surface area contributed by atoms with E-state index in [1.165, 1.54) is 38.5 Å². The molecule has 0 N–H and O–H groups in total. The van der Waals surface area contributed by atoms with Crippen molar-refractivity contribution >= 4 is 27.5 Å². The van der Waals surface area contributed by atoms with E-state index in [0.717, 1.165) is 10.7 Å². The molecule has 1 aliphatic carbocycles. The molecule has 0 aromatic heterocycles. The molecule has 0 aromatic rings. The maximum atomic E-state index is 6.05. The van der Waals surface area contributed by atoms with Crippen LogP contribution in [0.25, 0.3) is 0 Å². The first kappa shape index (κ1) is 10.8. The average molecular weight is 254 g/mol. The quantitative estimate of drug-likeness (QED) is 0.656. The monoisotopic (exact) mass is 252 g/mol. The van der Waals surface area contributed by atoms with Crippen molar-refractivity contribution in [2.24, 2.45) is 5.92 Å². The zero-order valence-electron chi connectivity index (χ0n) is 7.73. The second-order valence-corrected chi connectivity index (χ2v) is 5.61. The average Bonchev–Trinajstić information content (AvgIpc) is 2.06. The van der Waals surface area contributed by atoms with E-state index in [-0.39, 0.29) is 0 Å². The molecule has 0 nitrogen and oxygen atoms in total. The molecule has 1 atom stereocenters. The van der Waals surface area contributed by atoms with Crippen LogP contribution < -0.4 is 0 Å². The van der Waals surface area contributed by atoms with Crippen molar-refractivity contribution in [1.29, 1.82) is 0 Å². The van der Waals surface area contributed by atoms with Crippen LogP contribution in [0, 0.1) is 5.92 Å². The van der Waals surface area contributed by atoms with Crippen LogP contribution in [0.5, 0.6) is 0 Å². The van der Waals surface area contributed by atoms with Crippen molar-refractivity contribution in [2.75, 3.05) is 0 Å². The lowest BCUT2D eigenvalue weighted by Gasteiger charge is -2.28. The minimum Gasteiger partial charge on any atom is -0.123 e. The first-order valence-electron chi connectivity index (χ1n) is 5.02. The number of rotatable bonds is 3.